The summed E-state index contributed by atoms with van der Waals surface area (Å²) in [4.78, 5) is 8.30. The lowest BCUT2D eigenvalue weighted by Gasteiger charge is -2.26. The number of nitrogens with one attached hydrogen (secondary N) is 1. The average Bonchev–Trinajstić information content (AvgIpc) is 2.78. The lowest BCUT2D eigenvalue weighted by molar-refractivity contribution is 0.637. The Bertz CT molecular complexity index is 332. The maximum atomic E-state index is 5.54. The minimum atomic E-state index is 0.380. The third-order valence-corrected chi connectivity index (χ3v) is 4.61. The predicted molar refractivity (Wildman–Crippen MR) is 69.6 cm³/mol. The van der Waals surface area contributed by atoms with E-state index in [4.69, 9.17) is 5.73 Å². The van der Waals surface area contributed by atoms with Gasteiger partial charge in [0.25, 0.3) is 0 Å². The fraction of sp³-hybridized carbons (Fsp3) is 0.636. The summed E-state index contributed by atoms with van der Waals surface area (Å²) < 4.78 is 0.380. The van der Waals surface area contributed by atoms with Gasteiger partial charge in [-0.05, 0) is 19.1 Å². The standard InChI is InChI=1S/C11H18N4S/c1-16-11(4-2-3-5-11)8-15-10-13-6-9(12)7-14-10/h6-7H,2-5,8,12H2,1H3,(H,13,14,15). The molecule has 1 saturated carbocycles. The van der Waals surface area contributed by atoms with Crippen LogP contribution < -0.4 is 11.1 Å². The molecule has 0 radical (unpaired) electrons. The zero-order valence-electron chi connectivity index (χ0n) is 9.57. The number of nitrogen functional groups attached to an aromatic ring is 1. The second kappa shape index (κ2) is 4.91. The minimum Gasteiger partial charge on any atom is -0.396 e. The second-order valence-corrected chi connectivity index (χ2v) is 5.56. The van der Waals surface area contributed by atoms with E-state index in [1.54, 1.807) is 12.4 Å². The summed E-state index contributed by atoms with van der Waals surface area (Å²) in [5.41, 5.74) is 6.14. The molecule has 1 aromatic rings. The molecule has 0 amide bonds. The number of nitrogens with two attached hydrogens (primary N) is 1. The molecular weight excluding hydrogens is 220 g/mol. The zero-order chi connectivity index (χ0) is 11.4. The highest BCUT2D eigenvalue weighted by Crippen LogP contribution is 2.40. The number of aromatic nitrogens is 2. The molecule has 1 aromatic heterocycles. The van der Waals surface area contributed by atoms with Crippen LogP contribution in [0.4, 0.5) is 11.6 Å². The van der Waals surface area contributed by atoms with Gasteiger partial charge in [-0.3, -0.25) is 0 Å². The zero-order valence-corrected chi connectivity index (χ0v) is 10.4. The molecule has 16 heavy (non-hydrogen) atoms. The van der Waals surface area contributed by atoms with Crippen molar-refractivity contribution in [1.29, 1.82) is 0 Å². The molecule has 1 aliphatic rings. The van der Waals surface area contributed by atoms with E-state index in [0.717, 1.165) is 6.54 Å². The topological polar surface area (TPSA) is 63.8 Å². The summed E-state index contributed by atoms with van der Waals surface area (Å²) in [5, 5.41) is 3.31. The highest BCUT2D eigenvalue weighted by molar-refractivity contribution is 8.00. The van der Waals surface area contributed by atoms with Gasteiger partial charge in [-0.2, -0.15) is 11.8 Å². The lowest BCUT2D eigenvalue weighted by Crippen LogP contribution is -2.30. The molecule has 1 aliphatic carbocycles. The molecule has 0 atom stereocenters. The van der Waals surface area contributed by atoms with E-state index in [1.165, 1.54) is 25.7 Å². The van der Waals surface area contributed by atoms with Gasteiger partial charge in [0.2, 0.25) is 5.95 Å². The van der Waals surface area contributed by atoms with Crippen molar-refractivity contribution in [3.8, 4) is 0 Å². The van der Waals surface area contributed by atoms with Crippen LogP contribution in [0.15, 0.2) is 12.4 Å². The summed E-state index contributed by atoms with van der Waals surface area (Å²) in [7, 11) is 0. The molecule has 0 aliphatic heterocycles. The molecule has 0 unspecified atom stereocenters. The first-order valence-corrected chi connectivity index (χ1v) is 6.83. The predicted octanol–water partition coefficient (Wildman–Crippen LogP) is 2.15. The first-order valence-electron chi connectivity index (χ1n) is 5.61. The third kappa shape index (κ3) is 2.58. The Morgan fingerprint density at radius 1 is 1.38 bits per heavy atom. The Morgan fingerprint density at radius 3 is 2.56 bits per heavy atom. The van der Waals surface area contributed by atoms with Crippen molar-refractivity contribution in [2.45, 2.75) is 30.4 Å². The van der Waals surface area contributed by atoms with Crippen LogP contribution in [0.25, 0.3) is 0 Å². The van der Waals surface area contributed by atoms with E-state index >= 15 is 0 Å². The molecule has 0 spiro atoms. The van der Waals surface area contributed by atoms with Crippen LogP contribution in [0.5, 0.6) is 0 Å². The molecule has 0 bridgehead atoms. The minimum absolute atomic E-state index is 0.380. The number of hydrogen-bond acceptors (Lipinski definition) is 5. The molecule has 3 N–H and O–H groups in total. The van der Waals surface area contributed by atoms with Crippen LogP contribution in [0.1, 0.15) is 25.7 Å². The van der Waals surface area contributed by atoms with Crippen LogP contribution in [0.2, 0.25) is 0 Å². The van der Waals surface area contributed by atoms with Crippen molar-refractivity contribution in [2.24, 2.45) is 0 Å². The normalized spacial score (nSPS) is 18.6. The highest BCUT2D eigenvalue weighted by atomic mass is 32.2. The first-order chi connectivity index (χ1) is 7.74. The Labute approximate surface area is 100 Å². The van der Waals surface area contributed by atoms with Crippen molar-refractivity contribution in [2.75, 3.05) is 23.9 Å². The van der Waals surface area contributed by atoms with Gasteiger partial charge in [-0.15, -0.1) is 0 Å². The van der Waals surface area contributed by atoms with Crippen molar-refractivity contribution >= 4 is 23.4 Å². The molecule has 0 aromatic carbocycles. The first kappa shape index (κ1) is 11.5. The number of thioether (sulfide) groups is 1. The van der Waals surface area contributed by atoms with Gasteiger partial charge in [0.1, 0.15) is 0 Å². The van der Waals surface area contributed by atoms with Gasteiger partial charge >= 0.3 is 0 Å². The summed E-state index contributed by atoms with van der Waals surface area (Å²) in [5.74, 6) is 0.675. The largest absolute Gasteiger partial charge is 0.396 e. The summed E-state index contributed by atoms with van der Waals surface area (Å²) in [6.07, 6.45) is 10.7. The van der Waals surface area contributed by atoms with Gasteiger partial charge in [0, 0.05) is 11.3 Å². The fourth-order valence-electron chi connectivity index (χ4n) is 2.14. The van der Waals surface area contributed by atoms with E-state index in [1.807, 2.05) is 11.8 Å². The molecule has 0 saturated heterocycles. The van der Waals surface area contributed by atoms with Gasteiger partial charge < -0.3 is 11.1 Å². The van der Waals surface area contributed by atoms with Crippen LogP contribution >= 0.6 is 11.8 Å². The Hall–Kier alpha value is -0.970. The SMILES string of the molecule is CSC1(CNc2ncc(N)cn2)CCCC1. The molecular formula is C11H18N4S. The third-order valence-electron chi connectivity index (χ3n) is 3.19. The Kier molecular flexibility index (Phi) is 3.53. The number of anilines is 2. The van der Waals surface area contributed by atoms with Crippen LogP contribution in [-0.4, -0.2) is 27.5 Å². The van der Waals surface area contributed by atoms with Crippen LogP contribution in [0, 0.1) is 0 Å². The van der Waals surface area contributed by atoms with E-state index < -0.39 is 0 Å². The Balaban J connectivity index is 1.93. The molecule has 1 heterocycles. The average molecular weight is 238 g/mol. The summed E-state index contributed by atoms with van der Waals surface area (Å²) in [6.45, 7) is 0.943. The second-order valence-electron chi connectivity index (χ2n) is 4.29. The molecule has 5 heteroatoms. The molecule has 2 rings (SSSR count). The van der Waals surface area contributed by atoms with Gasteiger partial charge in [0.05, 0.1) is 18.1 Å². The number of rotatable bonds is 4. The maximum absolute atomic E-state index is 5.54. The monoisotopic (exact) mass is 238 g/mol. The van der Waals surface area contributed by atoms with Gasteiger partial charge in [0.15, 0.2) is 0 Å². The number of nitrogens with zero attached hydrogens (tertiary/aromatic N) is 2. The van der Waals surface area contributed by atoms with Crippen LogP contribution in [-0.2, 0) is 0 Å². The van der Waals surface area contributed by atoms with Crippen molar-refractivity contribution in [3.63, 3.8) is 0 Å². The van der Waals surface area contributed by atoms with E-state index in [0.29, 0.717) is 16.4 Å². The molecule has 88 valence electrons. The highest BCUT2D eigenvalue weighted by Gasteiger charge is 2.32. The fourth-order valence-corrected chi connectivity index (χ4v) is 3.06. The van der Waals surface area contributed by atoms with Crippen molar-refractivity contribution in [1.82, 2.24) is 9.97 Å². The summed E-state index contributed by atoms with van der Waals surface area (Å²) in [6, 6.07) is 0. The molecule has 1 fully saturated rings. The van der Waals surface area contributed by atoms with Crippen molar-refractivity contribution in [3.05, 3.63) is 12.4 Å². The number of hydrogen-bond donors (Lipinski definition) is 2. The quantitative estimate of drug-likeness (QED) is 0.841. The van der Waals surface area contributed by atoms with Crippen LogP contribution in [0.3, 0.4) is 0 Å². The van der Waals surface area contributed by atoms with Gasteiger partial charge in [-0.25, -0.2) is 9.97 Å². The van der Waals surface area contributed by atoms with E-state index in [9.17, 15) is 0 Å². The maximum Gasteiger partial charge on any atom is 0.222 e. The smallest absolute Gasteiger partial charge is 0.222 e. The lowest BCUT2D eigenvalue weighted by atomic mass is 10.1. The van der Waals surface area contributed by atoms with Gasteiger partial charge in [-0.1, -0.05) is 12.8 Å². The molecule has 4 nitrogen and oxygen atoms in total. The van der Waals surface area contributed by atoms with Crippen molar-refractivity contribution < 1.29 is 0 Å². The summed E-state index contributed by atoms with van der Waals surface area (Å²) >= 11 is 1.96. The van der Waals surface area contributed by atoms with E-state index in [2.05, 4.69) is 21.5 Å². The Morgan fingerprint density at radius 2 is 2.00 bits per heavy atom. The van der Waals surface area contributed by atoms with E-state index in [-0.39, 0.29) is 0 Å².